The first-order chi connectivity index (χ1) is 8.60. The normalized spacial score (nSPS) is 22.1. The van der Waals surface area contributed by atoms with Crippen LogP contribution in [0.4, 0.5) is 17.3 Å². The molecule has 0 aromatic carbocycles. The number of anilines is 2. The van der Waals surface area contributed by atoms with Crippen molar-refractivity contribution in [1.82, 2.24) is 4.98 Å². The minimum absolute atomic E-state index is 0.0435. The maximum Gasteiger partial charge on any atom is 0.311 e. The Kier molecular flexibility index (Phi) is 3.61. The van der Waals surface area contributed by atoms with Gasteiger partial charge in [0.15, 0.2) is 0 Å². The zero-order valence-corrected chi connectivity index (χ0v) is 10.1. The first-order valence-corrected chi connectivity index (χ1v) is 5.94. The van der Waals surface area contributed by atoms with E-state index in [1.54, 1.807) is 6.07 Å². The van der Waals surface area contributed by atoms with Crippen LogP contribution in [-0.2, 0) is 0 Å². The molecular formula is C11H16N4O3. The molecule has 0 aliphatic heterocycles. The van der Waals surface area contributed by atoms with Gasteiger partial charge in [-0.25, -0.2) is 4.98 Å². The van der Waals surface area contributed by atoms with Crippen LogP contribution in [0.2, 0.25) is 0 Å². The minimum atomic E-state index is -0.458. The van der Waals surface area contributed by atoms with Crippen molar-refractivity contribution in [3.8, 4) is 0 Å². The van der Waals surface area contributed by atoms with Gasteiger partial charge in [0.2, 0.25) is 5.82 Å². The van der Waals surface area contributed by atoms with Crippen molar-refractivity contribution in [2.24, 2.45) is 0 Å². The van der Waals surface area contributed by atoms with Gasteiger partial charge in [-0.3, -0.25) is 10.1 Å². The van der Waals surface area contributed by atoms with Crippen LogP contribution in [-0.4, -0.2) is 33.7 Å². The molecule has 2 rings (SSSR count). The third-order valence-electron chi connectivity index (χ3n) is 2.88. The predicted molar refractivity (Wildman–Crippen MR) is 67.7 cm³/mol. The van der Waals surface area contributed by atoms with E-state index in [0.29, 0.717) is 25.2 Å². The van der Waals surface area contributed by atoms with Gasteiger partial charge < -0.3 is 15.7 Å². The summed E-state index contributed by atoms with van der Waals surface area (Å²) in [6.07, 6.45) is 0.896. The Hall–Kier alpha value is -1.89. The minimum Gasteiger partial charge on any atom is -0.393 e. The summed E-state index contributed by atoms with van der Waals surface area (Å²) >= 11 is 0. The smallest absolute Gasteiger partial charge is 0.311 e. The highest BCUT2D eigenvalue weighted by molar-refractivity contribution is 5.60. The number of aliphatic hydroxyl groups excluding tert-OH is 1. The molecule has 0 unspecified atom stereocenters. The molecule has 0 amide bonds. The molecule has 18 heavy (non-hydrogen) atoms. The summed E-state index contributed by atoms with van der Waals surface area (Å²) < 4.78 is 0. The van der Waals surface area contributed by atoms with Crippen molar-refractivity contribution in [2.45, 2.75) is 31.9 Å². The number of nitro groups is 1. The van der Waals surface area contributed by atoms with Gasteiger partial charge >= 0.3 is 5.69 Å². The second-order valence-electron chi connectivity index (χ2n) is 4.32. The summed E-state index contributed by atoms with van der Waals surface area (Å²) in [6, 6.07) is 3.08. The van der Waals surface area contributed by atoms with Crippen LogP contribution in [0.1, 0.15) is 19.8 Å². The lowest BCUT2D eigenvalue weighted by Gasteiger charge is -2.32. The van der Waals surface area contributed by atoms with E-state index in [1.807, 2.05) is 6.92 Å². The van der Waals surface area contributed by atoms with Gasteiger partial charge in [0.1, 0.15) is 5.82 Å². The van der Waals surface area contributed by atoms with E-state index >= 15 is 0 Å². The number of aliphatic hydroxyl groups is 1. The van der Waals surface area contributed by atoms with Crippen LogP contribution in [0, 0.1) is 10.1 Å². The molecule has 1 saturated carbocycles. The summed E-state index contributed by atoms with van der Waals surface area (Å²) in [4.78, 5) is 14.6. The van der Waals surface area contributed by atoms with E-state index in [0.717, 1.165) is 0 Å². The lowest BCUT2D eigenvalue weighted by Crippen LogP contribution is -2.39. The maximum atomic E-state index is 10.9. The van der Waals surface area contributed by atoms with Crippen molar-refractivity contribution < 1.29 is 10.0 Å². The van der Waals surface area contributed by atoms with Crippen LogP contribution in [0.3, 0.4) is 0 Å². The topological polar surface area (TPSA) is 100 Å². The number of pyridine rings is 1. The van der Waals surface area contributed by atoms with Crippen LogP contribution in [0.5, 0.6) is 0 Å². The molecule has 0 atom stereocenters. The second-order valence-corrected chi connectivity index (χ2v) is 4.32. The molecule has 7 nitrogen and oxygen atoms in total. The zero-order valence-electron chi connectivity index (χ0n) is 10.1. The van der Waals surface area contributed by atoms with E-state index < -0.39 is 4.92 Å². The molecule has 0 radical (unpaired) electrons. The van der Waals surface area contributed by atoms with E-state index in [1.165, 1.54) is 6.07 Å². The van der Waals surface area contributed by atoms with Gasteiger partial charge in [-0.05, 0) is 25.8 Å². The Bertz CT molecular complexity index is 446. The van der Waals surface area contributed by atoms with Gasteiger partial charge in [0.25, 0.3) is 0 Å². The van der Waals surface area contributed by atoms with Gasteiger partial charge in [-0.15, -0.1) is 0 Å². The number of nitrogens with zero attached hydrogens (tertiary/aromatic N) is 2. The highest BCUT2D eigenvalue weighted by Crippen LogP contribution is 2.29. The Morgan fingerprint density at radius 1 is 1.56 bits per heavy atom. The number of aromatic nitrogens is 1. The lowest BCUT2D eigenvalue weighted by atomic mass is 9.89. The largest absolute Gasteiger partial charge is 0.393 e. The average molecular weight is 252 g/mol. The highest BCUT2D eigenvalue weighted by Gasteiger charge is 2.29. The van der Waals surface area contributed by atoms with Crippen molar-refractivity contribution in [2.75, 3.05) is 17.2 Å². The molecule has 1 aromatic heterocycles. The standard InChI is InChI=1S/C11H16N4O3/c1-2-12-10-4-3-9(15(17)18)11(14-10)13-7-5-8(16)6-7/h3-4,7-8,16H,2,5-6H2,1H3,(H2,12,13,14). The van der Waals surface area contributed by atoms with Gasteiger partial charge in [0, 0.05) is 18.7 Å². The molecule has 7 heteroatoms. The fourth-order valence-corrected chi connectivity index (χ4v) is 1.88. The maximum absolute atomic E-state index is 10.9. The highest BCUT2D eigenvalue weighted by atomic mass is 16.6. The summed E-state index contributed by atoms with van der Waals surface area (Å²) in [7, 11) is 0. The molecule has 1 heterocycles. The van der Waals surface area contributed by atoms with Crippen molar-refractivity contribution in [1.29, 1.82) is 0 Å². The fourth-order valence-electron chi connectivity index (χ4n) is 1.88. The van der Waals surface area contributed by atoms with Crippen LogP contribution in [0.25, 0.3) is 0 Å². The Labute approximate surface area is 104 Å². The van der Waals surface area contributed by atoms with E-state index in [-0.39, 0.29) is 23.7 Å². The van der Waals surface area contributed by atoms with Crippen molar-refractivity contribution >= 4 is 17.3 Å². The molecule has 1 aliphatic carbocycles. The molecule has 1 fully saturated rings. The molecule has 0 bridgehead atoms. The fraction of sp³-hybridized carbons (Fsp3) is 0.545. The molecule has 3 N–H and O–H groups in total. The van der Waals surface area contributed by atoms with Gasteiger partial charge in [0.05, 0.1) is 11.0 Å². The number of hydrogen-bond acceptors (Lipinski definition) is 6. The first-order valence-electron chi connectivity index (χ1n) is 5.94. The summed E-state index contributed by atoms with van der Waals surface area (Å²) in [6.45, 7) is 2.63. The lowest BCUT2D eigenvalue weighted by molar-refractivity contribution is -0.384. The molecule has 1 aromatic rings. The van der Waals surface area contributed by atoms with Gasteiger partial charge in [-0.2, -0.15) is 0 Å². The SMILES string of the molecule is CCNc1ccc([N+](=O)[O-])c(NC2CC(O)C2)n1. The molecule has 0 saturated heterocycles. The quantitative estimate of drug-likeness (QED) is 0.540. The average Bonchev–Trinajstić information content (AvgIpc) is 2.27. The molecule has 0 spiro atoms. The molecule has 1 aliphatic rings. The number of rotatable bonds is 5. The first kappa shape index (κ1) is 12.6. The third-order valence-corrected chi connectivity index (χ3v) is 2.88. The van der Waals surface area contributed by atoms with Crippen LogP contribution in [0.15, 0.2) is 12.1 Å². The Balaban J connectivity index is 2.17. The molecular weight excluding hydrogens is 236 g/mol. The number of nitrogens with one attached hydrogen (secondary N) is 2. The van der Waals surface area contributed by atoms with E-state index in [2.05, 4.69) is 15.6 Å². The monoisotopic (exact) mass is 252 g/mol. The third kappa shape index (κ3) is 2.67. The van der Waals surface area contributed by atoms with E-state index in [4.69, 9.17) is 0 Å². The molecule has 98 valence electrons. The Morgan fingerprint density at radius 2 is 2.28 bits per heavy atom. The second kappa shape index (κ2) is 5.18. The van der Waals surface area contributed by atoms with Crippen molar-refractivity contribution in [3.05, 3.63) is 22.2 Å². The van der Waals surface area contributed by atoms with Crippen LogP contribution < -0.4 is 10.6 Å². The predicted octanol–water partition coefficient (Wildman–Crippen LogP) is 1.36. The van der Waals surface area contributed by atoms with Gasteiger partial charge in [-0.1, -0.05) is 0 Å². The van der Waals surface area contributed by atoms with Crippen LogP contribution >= 0.6 is 0 Å². The summed E-state index contributed by atoms with van der Waals surface area (Å²) in [5, 5.41) is 26.1. The van der Waals surface area contributed by atoms with Crippen molar-refractivity contribution in [3.63, 3.8) is 0 Å². The summed E-state index contributed by atoms with van der Waals surface area (Å²) in [5.74, 6) is 0.862. The summed E-state index contributed by atoms with van der Waals surface area (Å²) in [5.41, 5.74) is -0.0435. The zero-order chi connectivity index (χ0) is 13.1. The van der Waals surface area contributed by atoms with E-state index in [9.17, 15) is 15.2 Å². The number of hydrogen-bond donors (Lipinski definition) is 3. The Morgan fingerprint density at radius 3 is 2.83 bits per heavy atom.